The van der Waals surface area contributed by atoms with Gasteiger partial charge in [-0.15, -0.1) is 0 Å². The van der Waals surface area contributed by atoms with Crippen LogP contribution in [0.15, 0.2) is 47.2 Å². The van der Waals surface area contributed by atoms with Gasteiger partial charge in [-0.05, 0) is 24.3 Å². The van der Waals surface area contributed by atoms with E-state index in [1.165, 1.54) is 11.1 Å². The van der Waals surface area contributed by atoms with Crippen LogP contribution in [0, 0.1) is 0 Å². The minimum Gasteiger partial charge on any atom is -0.396 e. The quantitative estimate of drug-likeness (QED) is 0.928. The number of nitrogen functional groups attached to an aromatic ring is 1. The summed E-state index contributed by atoms with van der Waals surface area (Å²) in [5.74, 6) is -0.116. The molecule has 0 aliphatic heterocycles. The third-order valence-corrected chi connectivity index (χ3v) is 3.06. The number of aromatic nitrogens is 1. The van der Waals surface area contributed by atoms with Crippen molar-refractivity contribution in [1.29, 1.82) is 0 Å². The highest BCUT2D eigenvalue weighted by molar-refractivity contribution is 9.10. The lowest BCUT2D eigenvalue weighted by Gasteiger charge is -2.18. The van der Waals surface area contributed by atoms with Gasteiger partial charge < -0.3 is 10.6 Å². The molecule has 18 heavy (non-hydrogen) atoms. The molecule has 2 N–H and O–H groups in total. The van der Waals surface area contributed by atoms with E-state index >= 15 is 0 Å². The Kier molecular flexibility index (Phi) is 3.62. The number of pyridine rings is 1. The fourth-order valence-electron chi connectivity index (χ4n) is 1.63. The Morgan fingerprint density at radius 3 is 2.83 bits per heavy atom. The first-order valence-electron chi connectivity index (χ1n) is 5.32. The van der Waals surface area contributed by atoms with Crippen LogP contribution in [0.25, 0.3) is 0 Å². The van der Waals surface area contributed by atoms with Crippen LogP contribution in [-0.2, 0) is 0 Å². The molecule has 92 valence electrons. The molecule has 0 spiro atoms. The summed E-state index contributed by atoms with van der Waals surface area (Å²) in [5.41, 5.74) is 7.53. The van der Waals surface area contributed by atoms with Crippen LogP contribution < -0.4 is 10.6 Å². The van der Waals surface area contributed by atoms with Gasteiger partial charge in [-0.1, -0.05) is 22.0 Å². The molecule has 0 saturated heterocycles. The van der Waals surface area contributed by atoms with Gasteiger partial charge in [0.25, 0.3) is 5.91 Å². The molecule has 0 fully saturated rings. The zero-order valence-electron chi connectivity index (χ0n) is 9.80. The van der Waals surface area contributed by atoms with Gasteiger partial charge in [0.15, 0.2) is 0 Å². The lowest BCUT2D eigenvalue weighted by molar-refractivity contribution is 0.0993. The summed E-state index contributed by atoms with van der Waals surface area (Å²) in [5, 5.41) is 0. The molecule has 1 aromatic heterocycles. The average molecular weight is 306 g/mol. The highest BCUT2D eigenvalue weighted by Gasteiger charge is 2.15. The minimum atomic E-state index is -0.116. The van der Waals surface area contributed by atoms with Crippen molar-refractivity contribution < 1.29 is 4.79 Å². The largest absolute Gasteiger partial charge is 0.396 e. The maximum atomic E-state index is 12.3. The molecular weight excluding hydrogens is 294 g/mol. The topological polar surface area (TPSA) is 59.2 Å². The van der Waals surface area contributed by atoms with Crippen molar-refractivity contribution in [3.05, 3.63) is 52.8 Å². The molecule has 1 aromatic carbocycles. The van der Waals surface area contributed by atoms with Crippen LogP contribution in [0.1, 0.15) is 10.4 Å². The second-order valence-corrected chi connectivity index (χ2v) is 4.72. The summed E-state index contributed by atoms with van der Waals surface area (Å²) in [4.78, 5) is 17.7. The summed E-state index contributed by atoms with van der Waals surface area (Å²) in [6, 6.07) is 8.95. The number of nitrogens with two attached hydrogens (primary N) is 1. The van der Waals surface area contributed by atoms with Crippen LogP contribution in [0.5, 0.6) is 0 Å². The Hall–Kier alpha value is -1.88. The number of nitrogens with zero attached hydrogens (tertiary/aromatic N) is 2. The Morgan fingerprint density at radius 2 is 2.17 bits per heavy atom. The summed E-state index contributed by atoms with van der Waals surface area (Å²) >= 11 is 3.34. The van der Waals surface area contributed by atoms with Crippen molar-refractivity contribution in [2.75, 3.05) is 17.7 Å². The molecule has 0 atom stereocenters. The lowest BCUT2D eigenvalue weighted by atomic mass is 10.2. The van der Waals surface area contributed by atoms with Crippen molar-refractivity contribution in [2.24, 2.45) is 0 Å². The Balaban J connectivity index is 2.32. The first-order chi connectivity index (χ1) is 8.59. The predicted molar refractivity (Wildman–Crippen MR) is 75.5 cm³/mol. The molecule has 0 unspecified atom stereocenters. The van der Waals surface area contributed by atoms with Crippen molar-refractivity contribution >= 4 is 33.2 Å². The number of carbonyl (C=O) groups is 1. The van der Waals surface area contributed by atoms with Crippen molar-refractivity contribution in [1.82, 2.24) is 4.98 Å². The fourth-order valence-corrected chi connectivity index (χ4v) is 2.03. The van der Waals surface area contributed by atoms with E-state index < -0.39 is 0 Å². The summed E-state index contributed by atoms with van der Waals surface area (Å²) in [6.07, 6.45) is 3.14. The molecule has 4 nitrogen and oxygen atoms in total. The maximum absolute atomic E-state index is 12.3. The Morgan fingerprint density at radius 1 is 1.39 bits per heavy atom. The second-order valence-electron chi connectivity index (χ2n) is 3.81. The molecule has 0 bridgehead atoms. The summed E-state index contributed by atoms with van der Waals surface area (Å²) in [6.45, 7) is 0. The van der Waals surface area contributed by atoms with E-state index in [0.717, 1.165) is 4.47 Å². The fraction of sp³-hybridized carbons (Fsp3) is 0.0769. The van der Waals surface area contributed by atoms with Crippen LogP contribution in [0.4, 0.5) is 11.4 Å². The van der Waals surface area contributed by atoms with E-state index in [9.17, 15) is 4.79 Å². The molecule has 0 aliphatic carbocycles. The summed E-state index contributed by atoms with van der Waals surface area (Å²) < 4.78 is 0.865. The minimum absolute atomic E-state index is 0.116. The molecular formula is C13H12BrN3O. The molecule has 2 rings (SSSR count). The van der Waals surface area contributed by atoms with Crippen molar-refractivity contribution in [3.8, 4) is 0 Å². The normalized spacial score (nSPS) is 10.1. The highest BCUT2D eigenvalue weighted by Crippen LogP contribution is 2.22. The lowest BCUT2D eigenvalue weighted by Crippen LogP contribution is -2.27. The first-order valence-corrected chi connectivity index (χ1v) is 6.12. The van der Waals surface area contributed by atoms with Crippen LogP contribution in [0.2, 0.25) is 0 Å². The zero-order valence-corrected chi connectivity index (χ0v) is 11.4. The van der Waals surface area contributed by atoms with Crippen molar-refractivity contribution in [2.45, 2.75) is 0 Å². The maximum Gasteiger partial charge on any atom is 0.258 e. The average Bonchev–Trinajstić information content (AvgIpc) is 2.37. The predicted octanol–water partition coefficient (Wildman–Crippen LogP) is 2.70. The third-order valence-electron chi connectivity index (χ3n) is 2.57. The zero-order chi connectivity index (χ0) is 13.1. The van der Waals surface area contributed by atoms with E-state index in [4.69, 9.17) is 5.73 Å². The van der Waals surface area contributed by atoms with E-state index in [-0.39, 0.29) is 5.91 Å². The van der Waals surface area contributed by atoms with Gasteiger partial charge in [0.1, 0.15) is 0 Å². The molecule has 0 radical (unpaired) electrons. The smallest absolute Gasteiger partial charge is 0.258 e. The van der Waals surface area contributed by atoms with Crippen molar-refractivity contribution in [3.63, 3.8) is 0 Å². The standard InChI is InChI=1S/C13H12BrN3O/c1-17(12-5-6-16-8-11(12)15)13(18)9-3-2-4-10(14)7-9/h2-8H,15H2,1H3. The van der Waals surface area contributed by atoms with Gasteiger partial charge in [-0.2, -0.15) is 0 Å². The molecule has 0 aliphatic rings. The van der Waals surface area contributed by atoms with Gasteiger partial charge in [0, 0.05) is 23.3 Å². The Labute approximate surface area is 114 Å². The van der Waals surface area contributed by atoms with Crippen LogP contribution in [-0.4, -0.2) is 17.9 Å². The van der Waals surface area contributed by atoms with Gasteiger partial charge in [0.05, 0.1) is 17.6 Å². The van der Waals surface area contributed by atoms with E-state index in [1.807, 2.05) is 12.1 Å². The number of benzene rings is 1. The van der Waals surface area contributed by atoms with E-state index in [0.29, 0.717) is 16.9 Å². The number of carbonyl (C=O) groups excluding carboxylic acids is 1. The van der Waals surface area contributed by atoms with Gasteiger partial charge in [-0.25, -0.2) is 0 Å². The number of halogens is 1. The number of anilines is 2. The third kappa shape index (κ3) is 2.51. The Bertz CT molecular complexity index is 586. The van der Waals surface area contributed by atoms with Gasteiger partial charge >= 0.3 is 0 Å². The number of amides is 1. The van der Waals surface area contributed by atoms with Crippen LogP contribution >= 0.6 is 15.9 Å². The van der Waals surface area contributed by atoms with E-state index in [2.05, 4.69) is 20.9 Å². The number of hydrogen-bond donors (Lipinski definition) is 1. The first kappa shape index (κ1) is 12.6. The molecule has 1 amide bonds. The number of rotatable bonds is 2. The second kappa shape index (κ2) is 5.18. The molecule has 0 saturated carbocycles. The monoisotopic (exact) mass is 305 g/mol. The SMILES string of the molecule is CN(C(=O)c1cccc(Br)c1)c1ccncc1N. The number of hydrogen-bond acceptors (Lipinski definition) is 3. The highest BCUT2D eigenvalue weighted by atomic mass is 79.9. The van der Waals surface area contributed by atoms with E-state index in [1.54, 1.807) is 31.4 Å². The van der Waals surface area contributed by atoms with Gasteiger partial charge in [-0.3, -0.25) is 9.78 Å². The summed E-state index contributed by atoms with van der Waals surface area (Å²) in [7, 11) is 1.69. The van der Waals surface area contributed by atoms with Crippen LogP contribution in [0.3, 0.4) is 0 Å². The molecule has 1 heterocycles. The molecule has 2 aromatic rings. The van der Waals surface area contributed by atoms with Gasteiger partial charge in [0.2, 0.25) is 0 Å². The molecule has 5 heteroatoms.